The molecular weight excluding hydrogens is 509 g/mol. The maximum absolute atomic E-state index is 15.0. The highest BCUT2D eigenvalue weighted by atomic mass is 32.2. The lowest BCUT2D eigenvalue weighted by Crippen LogP contribution is -2.22. The molecule has 2 aromatic carbocycles. The van der Waals surface area contributed by atoms with E-state index < -0.39 is 23.2 Å². The third kappa shape index (κ3) is 7.06. The van der Waals surface area contributed by atoms with Gasteiger partial charge < -0.3 is 14.2 Å². The second kappa shape index (κ2) is 14.3. The molecule has 1 aliphatic heterocycles. The number of hydrogen-bond acceptors (Lipinski definition) is 5. The molecule has 1 aliphatic carbocycles. The number of benzene rings is 2. The van der Waals surface area contributed by atoms with E-state index in [0.29, 0.717) is 24.3 Å². The number of unbranched alkanes of at least 4 members (excludes halogenated alkanes) is 5. The van der Waals surface area contributed by atoms with Crippen molar-refractivity contribution < 1.29 is 22.6 Å². The van der Waals surface area contributed by atoms with Crippen molar-refractivity contribution in [3.63, 3.8) is 0 Å². The molecule has 2 aliphatic rings. The zero-order chi connectivity index (χ0) is 26.9. The zero-order valence-corrected chi connectivity index (χ0v) is 23.3. The first-order chi connectivity index (χ1) is 18.5. The Morgan fingerprint density at radius 2 is 1.53 bits per heavy atom. The van der Waals surface area contributed by atoms with E-state index in [9.17, 15) is 8.78 Å². The van der Waals surface area contributed by atoms with Crippen LogP contribution in [-0.2, 0) is 4.74 Å². The van der Waals surface area contributed by atoms with Gasteiger partial charge in [0.25, 0.3) is 0 Å². The maximum atomic E-state index is 15.0. The lowest BCUT2D eigenvalue weighted by molar-refractivity contribution is 0.0227. The van der Waals surface area contributed by atoms with Crippen molar-refractivity contribution in [2.24, 2.45) is 4.99 Å². The molecule has 4 rings (SSSR count). The molecule has 4 nitrogen and oxygen atoms in total. The van der Waals surface area contributed by atoms with E-state index in [1.54, 1.807) is 0 Å². The molecule has 0 unspecified atom stereocenters. The number of aliphatic imine (C=N–C) groups is 1. The third-order valence-electron chi connectivity index (χ3n) is 7.36. The van der Waals surface area contributed by atoms with Crippen LogP contribution in [0.2, 0.25) is 0 Å². The molecule has 208 valence electrons. The number of amidine groups is 1. The smallest absolute Gasteiger partial charge is 0.206 e. The topological polar surface area (TPSA) is 42.8 Å². The molecule has 0 aromatic heterocycles. The lowest BCUT2D eigenvalue weighted by Gasteiger charge is -2.29. The minimum absolute atomic E-state index is 0.0958. The van der Waals surface area contributed by atoms with Gasteiger partial charge in [-0.1, -0.05) is 70.2 Å². The number of hydrogen-bond donors (Lipinski definition) is 1. The number of nitrogens with zero attached hydrogens (tertiary/aromatic N) is 1. The highest BCUT2D eigenvalue weighted by Gasteiger charge is 2.30. The van der Waals surface area contributed by atoms with Crippen molar-refractivity contribution in [3.8, 4) is 5.75 Å². The van der Waals surface area contributed by atoms with E-state index in [-0.39, 0.29) is 17.2 Å². The predicted octanol–water partition coefficient (Wildman–Crippen LogP) is 8.98. The minimum atomic E-state index is -1.33. The van der Waals surface area contributed by atoms with Crippen molar-refractivity contribution in [1.82, 2.24) is 4.72 Å². The van der Waals surface area contributed by atoms with Gasteiger partial charge in [-0.15, -0.1) is 0 Å². The molecule has 1 heterocycles. The molecule has 8 heteroatoms. The van der Waals surface area contributed by atoms with Crippen LogP contribution in [0.15, 0.2) is 34.2 Å². The minimum Gasteiger partial charge on any atom is -0.488 e. The van der Waals surface area contributed by atoms with Crippen LogP contribution < -0.4 is 9.46 Å². The number of fused-ring (bicyclic) bond motifs is 1. The summed E-state index contributed by atoms with van der Waals surface area (Å²) in [6.07, 6.45) is 11.8. The summed E-state index contributed by atoms with van der Waals surface area (Å²) in [5.74, 6) is -3.27. The lowest BCUT2D eigenvalue weighted by atomic mass is 9.82. The summed E-state index contributed by atoms with van der Waals surface area (Å²) in [6, 6.07) is 8.00. The molecule has 1 N–H and O–H groups in total. The molecule has 0 bridgehead atoms. The molecule has 0 amide bonds. The van der Waals surface area contributed by atoms with E-state index in [2.05, 4.69) is 35.7 Å². The van der Waals surface area contributed by atoms with Crippen LogP contribution in [0.4, 0.5) is 18.9 Å². The van der Waals surface area contributed by atoms with Gasteiger partial charge in [0, 0.05) is 12.2 Å². The van der Waals surface area contributed by atoms with E-state index in [4.69, 9.17) is 9.47 Å². The number of halogens is 3. The summed E-state index contributed by atoms with van der Waals surface area (Å²) < 4.78 is 59.0. The van der Waals surface area contributed by atoms with Gasteiger partial charge in [-0.2, -0.15) is 4.39 Å². The van der Waals surface area contributed by atoms with Crippen molar-refractivity contribution in [2.45, 2.75) is 101 Å². The Labute approximate surface area is 228 Å². The van der Waals surface area contributed by atoms with Gasteiger partial charge >= 0.3 is 0 Å². The van der Waals surface area contributed by atoms with Gasteiger partial charge in [-0.05, 0) is 62.0 Å². The average molecular weight is 549 g/mol. The Balaban J connectivity index is 1.39. The molecule has 0 atom stereocenters. The number of nitrogens with one attached hydrogen (secondary N) is 1. The van der Waals surface area contributed by atoms with Crippen LogP contribution in [0.1, 0.15) is 102 Å². The predicted molar refractivity (Wildman–Crippen MR) is 148 cm³/mol. The van der Waals surface area contributed by atoms with Gasteiger partial charge in [0.2, 0.25) is 5.82 Å². The Kier molecular flexibility index (Phi) is 10.8. The Morgan fingerprint density at radius 1 is 0.842 bits per heavy atom. The van der Waals surface area contributed by atoms with Crippen LogP contribution in [-0.4, -0.2) is 25.2 Å². The third-order valence-corrected chi connectivity index (χ3v) is 8.23. The maximum Gasteiger partial charge on any atom is 0.206 e. The summed E-state index contributed by atoms with van der Waals surface area (Å²) >= 11 is 0.888. The van der Waals surface area contributed by atoms with E-state index in [1.807, 2.05) is 12.1 Å². The molecule has 0 saturated heterocycles. The highest BCUT2D eigenvalue weighted by molar-refractivity contribution is 7.98. The number of ether oxygens (including phenoxy) is 2. The molecular formula is C30H39F3N2O2S. The molecule has 1 saturated carbocycles. The first-order valence-electron chi connectivity index (χ1n) is 14.1. The second-order valence-electron chi connectivity index (χ2n) is 10.2. The SMILES string of the molecule is CCCCCCOc1c(F)c(F)c2c(c1F)SNC(c1ccc(C3CCC(OCCCCC)CC3)cc1)=N2. The Morgan fingerprint density at radius 3 is 2.24 bits per heavy atom. The molecule has 0 radical (unpaired) electrons. The standard InChI is InChI=1S/C30H39F3N2O2S/c1-3-5-7-9-19-37-28-25(32)24(31)27-29(26(28)33)38-35-30(34-27)22-12-10-20(11-13-22)21-14-16-23(17-15-21)36-18-8-6-4-2/h10-13,21,23H,3-9,14-19H2,1-2H3,(H,34,35). The summed E-state index contributed by atoms with van der Waals surface area (Å²) in [7, 11) is 0. The van der Waals surface area contributed by atoms with Crippen LogP contribution in [0.25, 0.3) is 0 Å². The van der Waals surface area contributed by atoms with E-state index in [1.165, 1.54) is 18.4 Å². The summed E-state index contributed by atoms with van der Waals surface area (Å²) in [5, 5.41) is 0. The average Bonchev–Trinajstić information content (AvgIpc) is 2.96. The number of rotatable bonds is 13. The first kappa shape index (κ1) is 28.8. The fourth-order valence-electron chi connectivity index (χ4n) is 5.07. The normalized spacial score (nSPS) is 19.0. The summed E-state index contributed by atoms with van der Waals surface area (Å²) in [4.78, 5) is 4.15. The van der Waals surface area contributed by atoms with E-state index in [0.717, 1.165) is 75.5 Å². The van der Waals surface area contributed by atoms with Crippen molar-refractivity contribution >= 4 is 23.5 Å². The molecule has 1 fully saturated rings. The summed E-state index contributed by atoms with van der Waals surface area (Å²) in [5.41, 5.74) is 1.65. The van der Waals surface area contributed by atoms with Crippen LogP contribution in [0, 0.1) is 17.5 Å². The van der Waals surface area contributed by atoms with Crippen LogP contribution in [0.3, 0.4) is 0 Å². The van der Waals surface area contributed by atoms with Crippen LogP contribution in [0.5, 0.6) is 5.75 Å². The van der Waals surface area contributed by atoms with Gasteiger partial charge in [0.05, 0.1) is 17.6 Å². The highest BCUT2D eigenvalue weighted by Crippen LogP contribution is 2.43. The fourth-order valence-corrected chi connectivity index (χ4v) is 5.84. The van der Waals surface area contributed by atoms with Gasteiger partial charge in [-0.3, -0.25) is 0 Å². The largest absolute Gasteiger partial charge is 0.488 e. The zero-order valence-electron chi connectivity index (χ0n) is 22.5. The Bertz CT molecular complexity index is 1090. The molecule has 38 heavy (non-hydrogen) atoms. The van der Waals surface area contributed by atoms with Gasteiger partial charge in [0.15, 0.2) is 17.4 Å². The van der Waals surface area contributed by atoms with E-state index >= 15 is 4.39 Å². The molecule has 0 spiro atoms. The first-order valence-corrected chi connectivity index (χ1v) is 14.9. The van der Waals surface area contributed by atoms with Gasteiger partial charge in [-0.25, -0.2) is 13.8 Å². The van der Waals surface area contributed by atoms with Crippen molar-refractivity contribution in [3.05, 3.63) is 52.8 Å². The van der Waals surface area contributed by atoms with Crippen molar-refractivity contribution in [2.75, 3.05) is 13.2 Å². The van der Waals surface area contributed by atoms with Gasteiger partial charge in [0.1, 0.15) is 11.5 Å². The van der Waals surface area contributed by atoms with Crippen LogP contribution >= 0.6 is 11.9 Å². The molecule has 2 aromatic rings. The quantitative estimate of drug-likeness (QED) is 0.154. The Hall–Kier alpha value is -2.19. The second-order valence-corrected chi connectivity index (χ2v) is 11.0. The fraction of sp³-hybridized carbons (Fsp3) is 0.567. The monoisotopic (exact) mass is 548 g/mol. The van der Waals surface area contributed by atoms with Crippen molar-refractivity contribution in [1.29, 1.82) is 0 Å². The summed E-state index contributed by atoms with van der Waals surface area (Å²) in [6.45, 7) is 5.27.